The van der Waals surface area contributed by atoms with Gasteiger partial charge in [0.2, 0.25) is 0 Å². The summed E-state index contributed by atoms with van der Waals surface area (Å²) in [4.78, 5) is 10.4. The van der Waals surface area contributed by atoms with Crippen molar-refractivity contribution in [2.24, 2.45) is 0 Å². The molecule has 1 rings (SSSR count). The first kappa shape index (κ1) is 11.0. The highest BCUT2D eigenvalue weighted by Gasteiger charge is 2.16. The van der Waals surface area contributed by atoms with Crippen LogP contribution in [0.15, 0.2) is 16.6 Å². The molecule has 0 spiro atoms. The Labute approximate surface area is 85.8 Å². The Balaban J connectivity index is 3.20. The van der Waals surface area contributed by atoms with Crippen molar-refractivity contribution in [2.45, 2.75) is 6.61 Å². The average molecular weight is 269 g/mol. The Morgan fingerprint density at radius 1 is 1.43 bits per heavy atom. The molecule has 0 aliphatic heterocycles. The molecule has 0 N–H and O–H groups in total. The number of benzene rings is 1. The van der Waals surface area contributed by atoms with Gasteiger partial charge in [-0.3, -0.25) is 4.79 Å². The number of aldehydes is 1. The van der Waals surface area contributed by atoms with Gasteiger partial charge in [-0.15, -0.1) is 0 Å². The maximum atomic E-state index is 13.1. The summed E-state index contributed by atoms with van der Waals surface area (Å²) < 4.78 is 40.6. The summed E-state index contributed by atoms with van der Waals surface area (Å²) >= 11 is 2.78. The summed E-state index contributed by atoms with van der Waals surface area (Å²) in [5, 5.41) is 0. The molecule has 1 aromatic carbocycles. The van der Waals surface area contributed by atoms with Gasteiger partial charge in [0.15, 0.2) is 17.9 Å². The van der Waals surface area contributed by atoms with Crippen molar-refractivity contribution in [3.05, 3.63) is 28.0 Å². The summed E-state index contributed by atoms with van der Waals surface area (Å²) in [7, 11) is 0. The minimum Gasteiger partial charge on any atom is -0.431 e. The quantitative estimate of drug-likeness (QED) is 0.788. The number of hydrogen-bond acceptors (Lipinski definition) is 2. The zero-order valence-electron chi connectivity index (χ0n) is 6.64. The van der Waals surface area contributed by atoms with E-state index in [1.165, 1.54) is 12.1 Å². The van der Waals surface area contributed by atoms with Crippen LogP contribution in [0.25, 0.3) is 0 Å². The number of rotatable bonds is 3. The van der Waals surface area contributed by atoms with E-state index in [4.69, 9.17) is 0 Å². The molecule has 0 aliphatic rings. The highest BCUT2D eigenvalue weighted by molar-refractivity contribution is 9.10. The molecule has 1 aromatic rings. The van der Waals surface area contributed by atoms with Gasteiger partial charge in [-0.05, 0) is 28.1 Å². The van der Waals surface area contributed by atoms with Gasteiger partial charge in [-0.25, -0.2) is 4.39 Å². The first-order valence-corrected chi connectivity index (χ1v) is 4.23. The van der Waals surface area contributed by atoms with Crippen LogP contribution in [0.3, 0.4) is 0 Å². The van der Waals surface area contributed by atoms with Crippen LogP contribution < -0.4 is 4.74 Å². The van der Waals surface area contributed by atoms with E-state index in [0.717, 1.165) is 0 Å². The zero-order valence-corrected chi connectivity index (χ0v) is 8.22. The SMILES string of the molecule is O=Cc1ccc(Br)c(F)c1OC(F)F. The van der Waals surface area contributed by atoms with Crippen LogP contribution in [-0.2, 0) is 0 Å². The maximum absolute atomic E-state index is 13.1. The number of carbonyl (C=O) groups is 1. The summed E-state index contributed by atoms with van der Waals surface area (Å²) in [6.07, 6.45) is 0.243. The summed E-state index contributed by atoms with van der Waals surface area (Å²) in [6, 6.07) is 2.41. The molecule has 0 aliphatic carbocycles. The van der Waals surface area contributed by atoms with Gasteiger partial charge in [0.1, 0.15) is 0 Å². The Morgan fingerprint density at radius 3 is 2.57 bits per heavy atom. The third-order valence-corrected chi connectivity index (χ3v) is 2.03. The van der Waals surface area contributed by atoms with Crippen molar-refractivity contribution in [1.29, 1.82) is 0 Å². The van der Waals surface area contributed by atoms with Crippen LogP contribution in [0.5, 0.6) is 5.75 Å². The molecule has 0 aromatic heterocycles. The number of ether oxygens (including phenoxy) is 1. The third kappa shape index (κ3) is 2.25. The van der Waals surface area contributed by atoms with Crippen molar-refractivity contribution in [1.82, 2.24) is 0 Å². The Bertz CT molecular complexity index is 355. The van der Waals surface area contributed by atoms with E-state index >= 15 is 0 Å². The highest BCUT2D eigenvalue weighted by atomic mass is 79.9. The fourth-order valence-electron chi connectivity index (χ4n) is 0.849. The Hall–Kier alpha value is -1.04. The predicted octanol–water partition coefficient (Wildman–Crippen LogP) is 3.00. The molecule has 0 bridgehead atoms. The first-order valence-electron chi connectivity index (χ1n) is 3.44. The van der Waals surface area contributed by atoms with Gasteiger partial charge < -0.3 is 4.74 Å². The van der Waals surface area contributed by atoms with Crippen molar-refractivity contribution in [2.75, 3.05) is 0 Å². The topological polar surface area (TPSA) is 26.3 Å². The standard InChI is InChI=1S/C8H4BrF3O2/c9-5-2-1-4(3-13)7(6(5)10)14-8(11)12/h1-3,8H. The van der Waals surface area contributed by atoms with Crippen LogP contribution in [0, 0.1) is 5.82 Å². The Kier molecular flexibility index (Phi) is 3.51. The molecule has 0 atom stereocenters. The normalized spacial score (nSPS) is 10.4. The van der Waals surface area contributed by atoms with E-state index in [1.54, 1.807) is 0 Å². The van der Waals surface area contributed by atoms with Gasteiger partial charge in [0.05, 0.1) is 10.0 Å². The molecule has 6 heteroatoms. The van der Waals surface area contributed by atoms with Crippen LogP contribution in [0.2, 0.25) is 0 Å². The lowest BCUT2D eigenvalue weighted by Gasteiger charge is -2.08. The van der Waals surface area contributed by atoms with Crippen LogP contribution >= 0.6 is 15.9 Å². The first-order chi connectivity index (χ1) is 6.56. The fourth-order valence-corrected chi connectivity index (χ4v) is 1.16. The molecular weight excluding hydrogens is 265 g/mol. The van der Waals surface area contributed by atoms with Crippen molar-refractivity contribution >= 4 is 22.2 Å². The van der Waals surface area contributed by atoms with Gasteiger partial charge in [-0.1, -0.05) is 0 Å². The summed E-state index contributed by atoms with van der Waals surface area (Å²) in [6.45, 7) is -3.17. The molecule has 2 nitrogen and oxygen atoms in total. The minimum atomic E-state index is -3.17. The van der Waals surface area contributed by atoms with Gasteiger partial charge in [-0.2, -0.15) is 8.78 Å². The number of hydrogen-bond donors (Lipinski definition) is 0. The molecule has 0 heterocycles. The number of carbonyl (C=O) groups excluding carboxylic acids is 1. The lowest BCUT2D eigenvalue weighted by Crippen LogP contribution is -2.06. The van der Waals surface area contributed by atoms with E-state index in [1.807, 2.05) is 0 Å². The molecule has 0 radical (unpaired) electrons. The third-order valence-electron chi connectivity index (χ3n) is 1.41. The fraction of sp³-hybridized carbons (Fsp3) is 0.125. The lowest BCUT2D eigenvalue weighted by atomic mass is 10.2. The molecule has 0 saturated heterocycles. The van der Waals surface area contributed by atoms with Crippen molar-refractivity contribution in [3.63, 3.8) is 0 Å². The molecule has 0 saturated carbocycles. The minimum absolute atomic E-state index is 0.0428. The average Bonchev–Trinajstić information content (AvgIpc) is 2.13. The van der Waals surface area contributed by atoms with Crippen molar-refractivity contribution < 1.29 is 22.7 Å². The predicted molar refractivity (Wildman–Crippen MR) is 46.1 cm³/mol. The molecular formula is C8H4BrF3O2. The largest absolute Gasteiger partial charge is 0.431 e. The van der Waals surface area contributed by atoms with E-state index in [0.29, 0.717) is 0 Å². The molecule has 14 heavy (non-hydrogen) atoms. The van der Waals surface area contributed by atoms with E-state index in [2.05, 4.69) is 20.7 Å². The second-order valence-electron chi connectivity index (χ2n) is 2.28. The van der Waals surface area contributed by atoms with Gasteiger partial charge >= 0.3 is 6.61 Å². The van der Waals surface area contributed by atoms with Crippen LogP contribution in [0.4, 0.5) is 13.2 Å². The van der Waals surface area contributed by atoms with Gasteiger partial charge in [0, 0.05) is 0 Å². The zero-order chi connectivity index (χ0) is 10.7. The summed E-state index contributed by atoms with van der Waals surface area (Å²) in [5.41, 5.74) is -0.258. The molecule has 0 fully saturated rings. The van der Waals surface area contributed by atoms with Crippen molar-refractivity contribution in [3.8, 4) is 5.75 Å². The number of alkyl halides is 2. The smallest absolute Gasteiger partial charge is 0.387 e. The van der Waals surface area contributed by atoms with E-state index in [-0.39, 0.29) is 16.3 Å². The lowest BCUT2D eigenvalue weighted by molar-refractivity contribution is -0.0525. The summed E-state index contributed by atoms with van der Waals surface area (Å²) in [5.74, 6) is -1.76. The van der Waals surface area contributed by atoms with Crippen LogP contribution in [0.1, 0.15) is 10.4 Å². The highest BCUT2D eigenvalue weighted by Crippen LogP contribution is 2.29. The van der Waals surface area contributed by atoms with E-state index < -0.39 is 18.2 Å². The van der Waals surface area contributed by atoms with E-state index in [9.17, 15) is 18.0 Å². The van der Waals surface area contributed by atoms with Crippen LogP contribution in [-0.4, -0.2) is 12.9 Å². The van der Waals surface area contributed by atoms with Gasteiger partial charge in [0.25, 0.3) is 0 Å². The number of halogens is 4. The Morgan fingerprint density at radius 2 is 2.07 bits per heavy atom. The molecule has 76 valence electrons. The second kappa shape index (κ2) is 4.45. The maximum Gasteiger partial charge on any atom is 0.387 e. The molecule has 0 unspecified atom stereocenters. The molecule has 0 amide bonds. The monoisotopic (exact) mass is 268 g/mol. The second-order valence-corrected chi connectivity index (χ2v) is 3.13.